The maximum Gasteiger partial charge on any atom is 0.0586 e. The topological polar surface area (TPSA) is 23.5 Å². The standard InChI is InChI=1S/C8H17NO.C2H6/c1-7-3-4-8(6-10)9(2)5-7;1-2/h7-8,10H,3-6H2,1-2H3;1-2H3. The molecule has 1 aliphatic rings. The van der Waals surface area contributed by atoms with Crippen molar-refractivity contribution in [1.29, 1.82) is 0 Å². The van der Waals surface area contributed by atoms with E-state index >= 15 is 0 Å². The van der Waals surface area contributed by atoms with Crippen LogP contribution >= 0.6 is 0 Å². The predicted octanol–water partition coefficient (Wildman–Crippen LogP) is 1.74. The molecule has 0 spiro atoms. The molecule has 12 heavy (non-hydrogen) atoms. The van der Waals surface area contributed by atoms with E-state index in [0.717, 1.165) is 18.9 Å². The summed E-state index contributed by atoms with van der Waals surface area (Å²) < 4.78 is 0. The molecule has 0 radical (unpaired) electrons. The van der Waals surface area contributed by atoms with Gasteiger partial charge >= 0.3 is 0 Å². The van der Waals surface area contributed by atoms with Gasteiger partial charge in [-0.3, -0.25) is 0 Å². The number of piperidine rings is 1. The number of likely N-dealkylation sites (N-methyl/N-ethyl adjacent to an activating group) is 1. The normalized spacial score (nSPS) is 30.8. The first-order chi connectivity index (χ1) is 5.74. The summed E-state index contributed by atoms with van der Waals surface area (Å²) in [5, 5.41) is 8.91. The Balaban J connectivity index is 0.000000561. The summed E-state index contributed by atoms with van der Waals surface area (Å²) in [7, 11) is 2.09. The van der Waals surface area contributed by atoms with Gasteiger partial charge < -0.3 is 10.0 Å². The number of aliphatic hydroxyl groups excluding tert-OH is 1. The summed E-state index contributed by atoms with van der Waals surface area (Å²) in [6, 6.07) is 0.427. The number of nitrogens with zero attached hydrogens (tertiary/aromatic N) is 1. The van der Waals surface area contributed by atoms with Gasteiger partial charge in [-0.1, -0.05) is 20.8 Å². The Kier molecular flexibility index (Phi) is 6.39. The monoisotopic (exact) mass is 173 g/mol. The van der Waals surface area contributed by atoms with Crippen LogP contribution in [0.15, 0.2) is 0 Å². The highest BCUT2D eigenvalue weighted by Gasteiger charge is 2.21. The Morgan fingerprint density at radius 2 is 1.92 bits per heavy atom. The third kappa shape index (κ3) is 3.55. The van der Waals surface area contributed by atoms with Gasteiger partial charge in [-0.25, -0.2) is 0 Å². The molecule has 2 unspecified atom stereocenters. The minimum absolute atomic E-state index is 0.323. The minimum atomic E-state index is 0.323. The first-order valence-electron chi connectivity index (χ1n) is 5.05. The van der Waals surface area contributed by atoms with Crippen molar-refractivity contribution in [2.75, 3.05) is 20.2 Å². The Hall–Kier alpha value is -0.0800. The molecule has 2 atom stereocenters. The maximum absolute atomic E-state index is 8.91. The van der Waals surface area contributed by atoms with E-state index in [1.807, 2.05) is 13.8 Å². The molecule has 0 aromatic heterocycles. The van der Waals surface area contributed by atoms with Crippen LogP contribution in [0.5, 0.6) is 0 Å². The molecule has 0 saturated carbocycles. The van der Waals surface area contributed by atoms with Crippen molar-refractivity contribution in [3.05, 3.63) is 0 Å². The molecule has 0 bridgehead atoms. The second-order valence-corrected chi connectivity index (χ2v) is 3.46. The largest absolute Gasteiger partial charge is 0.395 e. The average Bonchev–Trinajstić information content (AvgIpc) is 2.08. The lowest BCUT2D eigenvalue weighted by Gasteiger charge is -2.34. The zero-order valence-corrected chi connectivity index (χ0v) is 8.88. The fourth-order valence-corrected chi connectivity index (χ4v) is 1.66. The van der Waals surface area contributed by atoms with Crippen molar-refractivity contribution in [2.45, 2.75) is 39.7 Å². The number of hydrogen-bond acceptors (Lipinski definition) is 2. The fraction of sp³-hybridized carbons (Fsp3) is 1.00. The van der Waals surface area contributed by atoms with Gasteiger partial charge in [-0.2, -0.15) is 0 Å². The van der Waals surface area contributed by atoms with Crippen LogP contribution < -0.4 is 0 Å². The lowest BCUT2D eigenvalue weighted by molar-refractivity contribution is 0.0904. The summed E-state index contributed by atoms with van der Waals surface area (Å²) in [4.78, 5) is 2.26. The summed E-state index contributed by atoms with van der Waals surface area (Å²) >= 11 is 0. The van der Waals surface area contributed by atoms with E-state index in [0.29, 0.717) is 12.6 Å². The molecule has 1 aliphatic heterocycles. The van der Waals surface area contributed by atoms with Crippen LogP contribution in [0.1, 0.15) is 33.6 Å². The van der Waals surface area contributed by atoms with Gasteiger partial charge in [0.05, 0.1) is 6.61 Å². The maximum atomic E-state index is 8.91. The van der Waals surface area contributed by atoms with Gasteiger partial charge in [-0.05, 0) is 25.8 Å². The zero-order chi connectivity index (χ0) is 9.56. The van der Waals surface area contributed by atoms with Crippen molar-refractivity contribution in [3.63, 3.8) is 0 Å². The quantitative estimate of drug-likeness (QED) is 0.653. The molecule has 0 aromatic carbocycles. The van der Waals surface area contributed by atoms with E-state index in [1.165, 1.54) is 6.42 Å². The lowest BCUT2D eigenvalue weighted by atomic mass is 9.95. The summed E-state index contributed by atoms with van der Waals surface area (Å²) in [6.45, 7) is 7.73. The van der Waals surface area contributed by atoms with Gasteiger partial charge in [-0.15, -0.1) is 0 Å². The Bertz CT molecular complexity index is 106. The SMILES string of the molecule is CC.CC1CCC(CO)N(C)C1. The van der Waals surface area contributed by atoms with E-state index in [-0.39, 0.29) is 0 Å². The first kappa shape index (κ1) is 11.9. The van der Waals surface area contributed by atoms with E-state index in [2.05, 4.69) is 18.9 Å². The van der Waals surface area contributed by atoms with Gasteiger partial charge in [0.2, 0.25) is 0 Å². The molecule has 1 saturated heterocycles. The van der Waals surface area contributed by atoms with Crippen molar-refractivity contribution in [3.8, 4) is 0 Å². The molecule has 1 N–H and O–H groups in total. The summed E-state index contributed by atoms with van der Waals surface area (Å²) in [5.74, 6) is 0.813. The molecular weight excluding hydrogens is 150 g/mol. The van der Waals surface area contributed by atoms with E-state index in [1.54, 1.807) is 0 Å². The van der Waals surface area contributed by atoms with E-state index in [9.17, 15) is 0 Å². The molecular formula is C10H23NO. The second kappa shape index (κ2) is 6.44. The fourth-order valence-electron chi connectivity index (χ4n) is 1.66. The Morgan fingerprint density at radius 3 is 2.33 bits per heavy atom. The van der Waals surface area contributed by atoms with Crippen molar-refractivity contribution < 1.29 is 5.11 Å². The molecule has 2 heteroatoms. The zero-order valence-electron chi connectivity index (χ0n) is 8.88. The van der Waals surface area contributed by atoms with E-state index in [4.69, 9.17) is 5.11 Å². The summed E-state index contributed by atoms with van der Waals surface area (Å²) in [6.07, 6.45) is 2.43. The van der Waals surface area contributed by atoms with Crippen LogP contribution in [-0.2, 0) is 0 Å². The molecule has 0 amide bonds. The number of hydrogen-bond donors (Lipinski definition) is 1. The first-order valence-corrected chi connectivity index (χ1v) is 5.05. The molecule has 1 rings (SSSR count). The Morgan fingerprint density at radius 1 is 1.33 bits per heavy atom. The number of rotatable bonds is 1. The molecule has 2 nitrogen and oxygen atoms in total. The predicted molar refractivity (Wildman–Crippen MR) is 53.2 cm³/mol. The van der Waals surface area contributed by atoms with Gasteiger partial charge in [0.25, 0.3) is 0 Å². The molecule has 74 valence electrons. The molecule has 1 fully saturated rings. The Labute approximate surface area is 76.6 Å². The highest BCUT2D eigenvalue weighted by Crippen LogP contribution is 2.19. The van der Waals surface area contributed by atoms with Crippen molar-refractivity contribution in [2.24, 2.45) is 5.92 Å². The highest BCUT2D eigenvalue weighted by atomic mass is 16.3. The minimum Gasteiger partial charge on any atom is -0.395 e. The van der Waals surface area contributed by atoms with Crippen molar-refractivity contribution in [1.82, 2.24) is 4.90 Å². The van der Waals surface area contributed by atoms with Crippen LogP contribution in [0.3, 0.4) is 0 Å². The van der Waals surface area contributed by atoms with Gasteiger partial charge in [0.15, 0.2) is 0 Å². The van der Waals surface area contributed by atoms with Crippen LogP contribution in [0, 0.1) is 5.92 Å². The third-order valence-corrected chi connectivity index (χ3v) is 2.43. The van der Waals surface area contributed by atoms with Crippen LogP contribution in [0.4, 0.5) is 0 Å². The second-order valence-electron chi connectivity index (χ2n) is 3.46. The third-order valence-electron chi connectivity index (χ3n) is 2.43. The van der Waals surface area contributed by atoms with Crippen LogP contribution in [-0.4, -0.2) is 36.2 Å². The highest BCUT2D eigenvalue weighted by molar-refractivity contribution is 4.76. The van der Waals surface area contributed by atoms with Crippen LogP contribution in [0.2, 0.25) is 0 Å². The van der Waals surface area contributed by atoms with Crippen molar-refractivity contribution >= 4 is 0 Å². The molecule has 0 aliphatic carbocycles. The van der Waals surface area contributed by atoms with Gasteiger partial charge in [0.1, 0.15) is 0 Å². The number of aliphatic hydroxyl groups is 1. The molecule has 1 heterocycles. The molecule has 0 aromatic rings. The van der Waals surface area contributed by atoms with Crippen LogP contribution in [0.25, 0.3) is 0 Å². The van der Waals surface area contributed by atoms with Gasteiger partial charge in [0, 0.05) is 12.6 Å². The average molecular weight is 173 g/mol. The van der Waals surface area contributed by atoms with E-state index < -0.39 is 0 Å². The smallest absolute Gasteiger partial charge is 0.0586 e. The lowest BCUT2D eigenvalue weighted by Crippen LogP contribution is -2.41. The number of likely N-dealkylation sites (tertiary alicyclic amines) is 1. The summed E-state index contributed by atoms with van der Waals surface area (Å²) in [5.41, 5.74) is 0.